The zero-order valence-corrected chi connectivity index (χ0v) is 19.5. The third-order valence-corrected chi connectivity index (χ3v) is 4.68. The first-order valence-electron chi connectivity index (χ1n) is 11.8. The Bertz CT molecular complexity index is 401. The van der Waals surface area contributed by atoms with Gasteiger partial charge in [-0.3, -0.25) is 9.78 Å². The summed E-state index contributed by atoms with van der Waals surface area (Å²) in [5, 5.41) is 0. The van der Waals surface area contributed by atoms with E-state index in [1.807, 2.05) is 0 Å². The van der Waals surface area contributed by atoms with E-state index in [1.165, 1.54) is 90.9 Å². The standard InChI is InChI=1S/C23H44O7/c1-4-5-6-7-8-9-10-11-12-13-14-15-16-17-18-26-19-23(30-29-22(3)25)20-27-28-21(2)24/h23H,4-20H2,1-3H3/t23-/m1/s1. The van der Waals surface area contributed by atoms with Crippen molar-refractivity contribution in [1.82, 2.24) is 0 Å². The van der Waals surface area contributed by atoms with Gasteiger partial charge in [-0.2, -0.15) is 9.78 Å². The van der Waals surface area contributed by atoms with Crippen LogP contribution in [0.5, 0.6) is 0 Å². The summed E-state index contributed by atoms with van der Waals surface area (Å²) in [5.74, 6) is -1.14. The van der Waals surface area contributed by atoms with Gasteiger partial charge in [0.1, 0.15) is 6.61 Å². The molecule has 0 heterocycles. The average molecular weight is 433 g/mol. The van der Waals surface area contributed by atoms with E-state index in [4.69, 9.17) is 14.5 Å². The second-order valence-electron chi connectivity index (χ2n) is 7.82. The minimum absolute atomic E-state index is 0.0778. The second kappa shape index (κ2) is 22.5. The third-order valence-electron chi connectivity index (χ3n) is 4.68. The molecule has 0 spiro atoms. The first-order chi connectivity index (χ1) is 14.6. The summed E-state index contributed by atoms with van der Waals surface area (Å²) in [5.41, 5.74) is 0. The molecule has 0 unspecified atom stereocenters. The van der Waals surface area contributed by atoms with Gasteiger partial charge in [-0.1, -0.05) is 90.4 Å². The van der Waals surface area contributed by atoms with Gasteiger partial charge in [0, 0.05) is 20.5 Å². The Labute approximate surface area is 183 Å². The quantitative estimate of drug-likeness (QED) is 0.121. The molecule has 0 aromatic rings. The van der Waals surface area contributed by atoms with Crippen molar-refractivity contribution in [1.29, 1.82) is 0 Å². The highest BCUT2D eigenvalue weighted by Gasteiger charge is 2.14. The predicted octanol–water partition coefficient (Wildman–Crippen LogP) is 5.84. The minimum Gasteiger partial charge on any atom is -0.378 e. The number of hydrogen-bond acceptors (Lipinski definition) is 7. The van der Waals surface area contributed by atoms with E-state index in [0.29, 0.717) is 6.61 Å². The largest absolute Gasteiger partial charge is 0.378 e. The van der Waals surface area contributed by atoms with Gasteiger partial charge in [0.15, 0.2) is 6.10 Å². The van der Waals surface area contributed by atoms with E-state index in [0.717, 1.165) is 12.8 Å². The number of carbonyl (C=O) groups is 2. The molecule has 0 aromatic heterocycles. The molecule has 0 saturated heterocycles. The molecule has 0 aliphatic rings. The van der Waals surface area contributed by atoms with E-state index < -0.39 is 18.0 Å². The highest BCUT2D eigenvalue weighted by Crippen LogP contribution is 2.13. The van der Waals surface area contributed by atoms with Gasteiger partial charge < -0.3 is 4.74 Å². The summed E-state index contributed by atoms with van der Waals surface area (Å²) < 4.78 is 5.56. The van der Waals surface area contributed by atoms with Gasteiger partial charge in [-0.25, -0.2) is 9.59 Å². The van der Waals surface area contributed by atoms with Crippen LogP contribution in [0.25, 0.3) is 0 Å². The van der Waals surface area contributed by atoms with Crippen LogP contribution in [0.15, 0.2) is 0 Å². The molecule has 7 heteroatoms. The molecule has 0 radical (unpaired) electrons. The molecule has 0 aliphatic heterocycles. The molecule has 0 aliphatic carbocycles. The fourth-order valence-electron chi connectivity index (χ4n) is 3.05. The molecule has 0 N–H and O–H groups in total. The number of unbranched alkanes of at least 4 members (excludes halogenated alkanes) is 13. The van der Waals surface area contributed by atoms with Crippen LogP contribution in [0, 0.1) is 0 Å². The highest BCUT2D eigenvalue weighted by atomic mass is 17.2. The van der Waals surface area contributed by atoms with Crippen LogP contribution in [0.1, 0.15) is 111 Å². The number of hydrogen-bond donors (Lipinski definition) is 0. The van der Waals surface area contributed by atoms with Crippen molar-refractivity contribution in [3.8, 4) is 0 Å². The van der Waals surface area contributed by atoms with Crippen LogP contribution in [0.3, 0.4) is 0 Å². The van der Waals surface area contributed by atoms with Crippen LogP contribution in [0.2, 0.25) is 0 Å². The maximum Gasteiger partial charge on any atom is 0.339 e. The molecule has 0 amide bonds. The number of rotatable bonds is 22. The Balaban J connectivity index is 3.46. The molecule has 0 bridgehead atoms. The Hall–Kier alpha value is -1.18. The van der Waals surface area contributed by atoms with E-state index in [9.17, 15) is 9.59 Å². The Morgan fingerprint density at radius 1 is 0.633 bits per heavy atom. The fraction of sp³-hybridized carbons (Fsp3) is 0.913. The van der Waals surface area contributed by atoms with Gasteiger partial charge in [-0.05, 0) is 6.42 Å². The maximum atomic E-state index is 10.8. The smallest absolute Gasteiger partial charge is 0.339 e. The van der Waals surface area contributed by atoms with E-state index in [2.05, 4.69) is 16.7 Å². The maximum absolute atomic E-state index is 10.8. The Morgan fingerprint density at radius 2 is 1.10 bits per heavy atom. The first kappa shape index (κ1) is 28.8. The van der Waals surface area contributed by atoms with Crippen molar-refractivity contribution in [3.63, 3.8) is 0 Å². The second-order valence-corrected chi connectivity index (χ2v) is 7.82. The molecule has 178 valence electrons. The van der Waals surface area contributed by atoms with E-state index in [-0.39, 0.29) is 13.2 Å². The average Bonchev–Trinajstić information content (AvgIpc) is 2.70. The third kappa shape index (κ3) is 23.1. The van der Waals surface area contributed by atoms with Crippen LogP contribution >= 0.6 is 0 Å². The van der Waals surface area contributed by atoms with E-state index in [1.54, 1.807) is 0 Å². The van der Waals surface area contributed by atoms with Crippen molar-refractivity contribution >= 4 is 11.9 Å². The van der Waals surface area contributed by atoms with Crippen molar-refractivity contribution in [2.24, 2.45) is 0 Å². The fourth-order valence-corrected chi connectivity index (χ4v) is 3.05. The zero-order valence-electron chi connectivity index (χ0n) is 19.5. The molecule has 30 heavy (non-hydrogen) atoms. The first-order valence-corrected chi connectivity index (χ1v) is 11.8. The SMILES string of the molecule is CCCCCCCCCCCCCCCCOC[C@H](COOC(C)=O)OOC(C)=O. The van der Waals surface area contributed by atoms with E-state index >= 15 is 0 Å². The summed E-state index contributed by atoms with van der Waals surface area (Å²) in [6.07, 6.45) is 17.7. The van der Waals surface area contributed by atoms with Crippen LogP contribution < -0.4 is 0 Å². The molecule has 1 atom stereocenters. The molecule has 0 saturated carbocycles. The van der Waals surface area contributed by atoms with Crippen LogP contribution in [-0.4, -0.2) is 37.9 Å². The molecular weight excluding hydrogens is 388 g/mol. The number of carbonyl (C=O) groups excluding carboxylic acids is 2. The van der Waals surface area contributed by atoms with Crippen LogP contribution in [-0.2, 0) is 33.9 Å². The Morgan fingerprint density at radius 3 is 1.57 bits per heavy atom. The lowest BCUT2D eigenvalue weighted by Crippen LogP contribution is -2.27. The van der Waals surface area contributed by atoms with Crippen molar-refractivity contribution < 1.29 is 33.9 Å². The summed E-state index contributed by atoms with van der Waals surface area (Å²) in [4.78, 5) is 40.1. The summed E-state index contributed by atoms with van der Waals surface area (Å²) >= 11 is 0. The normalized spacial score (nSPS) is 12.0. The van der Waals surface area contributed by atoms with Crippen LogP contribution in [0.4, 0.5) is 0 Å². The van der Waals surface area contributed by atoms with Gasteiger partial charge >= 0.3 is 11.9 Å². The topological polar surface area (TPSA) is 80.3 Å². The lowest BCUT2D eigenvalue weighted by Gasteiger charge is -2.15. The van der Waals surface area contributed by atoms with Crippen molar-refractivity contribution in [3.05, 3.63) is 0 Å². The lowest BCUT2D eigenvalue weighted by atomic mass is 10.0. The zero-order chi connectivity index (χ0) is 22.3. The number of ether oxygens (including phenoxy) is 1. The van der Waals surface area contributed by atoms with Crippen molar-refractivity contribution in [2.75, 3.05) is 19.8 Å². The highest BCUT2D eigenvalue weighted by molar-refractivity contribution is 5.65. The van der Waals surface area contributed by atoms with Gasteiger partial charge in [0.2, 0.25) is 0 Å². The lowest BCUT2D eigenvalue weighted by molar-refractivity contribution is -0.340. The summed E-state index contributed by atoms with van der Waals surface area (Å²) in [6, 6.07) is 0. The summed E-state index contributed by atoms with van der Waals surface area (Å²) in [6.45, 7) is 5.44. The van der Waals surface area contributed by atoms with Crippen molar-refractivity contribution in [2.45, 2.75) is 117 Å². The molecule has 7 nitrogen and oxygen atoms in total. The van der Waals surface area contributed by atoms with Gasteiger partial charge in [-0.15, -0.1) is 0 Å². The predicted molar refractivity (Wildman–Crippen MR) is 115 cm³/mol. The monoisotopic (exact) mass is 432 g/mol. The molecule has 0 aromatic carbocycles. The Kier molecular flexibility index (Phi) is 21.6. The molecular formula is C23H44O7. The molecule has 0 fully saturated rings. The molecule has 0 rings (SSSR count). The van der Waals surface area contributed by atoms with Gasteiger partial charge in [0.25, 0.3) is 0 Å². The van der Waals surface area contributed by atoms with Gasteiger partial charge in [0.05, 0.1) is 6.61 Å². The summed E-state index contributed by atoms with van der Waals surface area (Å²) in [7, 11) is 0. The minimum atomic E-state index is -0.653.